The van der Waals surface area contributed by atoms with Crippen molar-refractivity contribution in [1.29, 1.82) is 0 Å². The maximum atomic E-state index is 12.9. The van der Waals surface area contributed by atoms with Crippen LogP contribution in [0.15, 0.2) is 18.2 Å². The molecule has 0 aliphatic carbocycles. The fourth-order valence-electron chi connectivity index (χ4n) is 1.88. The molecule has 0 amide bonds. The summed E-state index contributed by atoms with van der Waals surface area (Å²) in [5, 5.41) is 0. The monoisotopic (exact) mass is 227 g/mol. The van der Waals surface area contributed by atoms with Crippen LogP contribution in [0.4, 0.5) is 8.78 Å². The Kier molecular flexibility index (Phi) is 3.39. The number of hydrogen-bond donors (Lipinski definition) is 0. The van der Waals surface area contributed by atoms with E-state index in [-0.39, 0.29) is 11.9 Å². The van der Waals surface area contributed by atoms with Crippen molar-refractivity contribution in [2.24, 2.45) is 0 Å². The highest BCUT2D eigenvalue weighted by Crippen LogP contribution is 2.20. The fourth-order valence-corrected chi connectivity index (χ4v) is 1.88. The Labute approximate surface area is 93.8 Å². The van der Waals surface area contributed by atoms with Gasteiger partial charge in [0.2, 0.25) is 0 Å². The Bertz CT molecular complexity index is 344. The molecule has 0 aromatic heterocycles. The van der Waals surface area contributed by atoms with Crippen LogP contribution in [0.5, 0.6) is 5.75 Å². The second kappa shape index (κ2) is 4.78. The molecule has 1 heterocycles. The zero-order valence-corrected chi connectivity index (χ0v) is 9.25. The molecule has 1 fully saturated rings. The standard InChI is InChI=1S/C12H15F2NO/c1-2-3-15-7-12(8-15)16-11-5-9(13)4-10(14)6-11/h4-6,12H,2-3,7-8H2,1H3. The van der Waals surface area contributed by atoms with Gasteiger partial charge in [-0.25, -0.2) is 8.78 Å². The van der Waals surface area contributed by atoms with Crippen LogP contribution in [0.25, 0.3) is 0 Å². The van der Waals surface area contributed by atoms with Crippen molar-refractivity contribution < 1.29 is 13.5 Å². The van der Waals surface area contributed by atoms with Crippen LogP contribution in [0.3, 0.4) is 0 Å². The van der Waals surface area contributed by atoms with Crippen LogP contribution < -0.4 is 4.74 Å². The lowest BCUT2D eigenvalue weighted by Gasteiger charge is -2.38. The quantitative estimate of drug-likeness (QED) is 0.783. The predicted molar refractivity (Wildman–Crippen MR) is 57.5 cm³/mol. The molecule has 0 saturated carbocycles. The lowest BCUT2D eigenvalue weighted by molar-refractivity contribution is 0.0199. The predicted octanol–water partition coefficient (Wildman–Crippen LogP) is 2.44. The lowest BCUT2D eigenvalue weighted by Crippen LogP contribution is -2.53. The zero-order valence-electron chi connectivity index (χ0n) is 9.25. The van der Waals surface area contributed by atoms with E-state index >= 15 is 0 Å². The number of benzene rings is 1. The number of halogens is 2. The van der Waals surface area contributed by atoms with Gasteiger partial charge in [-0.1, -0.05) is 6.92 Å². The van der Waals surface area contributed by atoms with Crippen molar-refractivity contribution in [2.75, 3.05) is 19.6 Å². The van der Waals surface area contributed by atoms with Gasteiger partial charge in [-0.15, -0.1) is 0 Å². The summed E-state index contributed by atoms with van der Waals surface area (Å²) in [6.07, 6.45) is 1.18. The van der Waals surface area contributed by atoms with E-state index in [1.165, 1.54) is 12.1 Å². The molecule has 0 N–H and O–H groups in total. The Morgan fingerprint density at radius 1 is 1.25 bits per heavy atom. The zero-order chi connectivity index (χ0) is 11.5. The van der Waals surface area contributed by atoms with E-state index < -0.39 is 11.6 Å². The van der Waals surface area contributed by atoms with Crippen molar-refractivity contribution in [2.45, 2.75) is 19.4 Å². The molecule has 0 radical (unpaired) electrons. The Hall–Kier alpha value is -1.16. The van der Waals surface area contributed by atoms with Crippen molar-refractivity contribution in [3.8, 4) is 5.75 Å². The highest BCUT2D eigenvalue weighted by atomic mass is 19.1. The van der Waals surface area contributed by atoms with Gasteiger partial charge in [0.05, 0.1) is 0 Å². The minimum Gasteiger partial charge on any atom is -0.488 e. The maximum absolute atomic E-state index is 12.9. The molecular weight excluding hydrogens is 212 g/mol. The first-order valence-corrected chi connectivity index (χ1v) is 5.52. The second-order valence-electron chi connectivity index (χ2n) is 4.10. The van der Waals surface area contributed by atoms with Crippen LogP contribution in [0.2, 0.25) is 0 Å². The molecule has 1 aromatic rings. The SMILES string of the molecule is CCCN1CC(Oc2cc(F)cc(F)c2)C1. The maximum Gasteiger partial charge on any atom is 0.129 e. The van der Waals surface area contributed by atoms with E-state index in [4.69, 9.17) is 4.74 Å². The first kappa shape index (κ1) is 11.3. The molecule has 1 aliphatic heterocycles. The number of nitrogens with zero attached hydrogens (tertiary/aromatic N) is 1. The molecule has 4 heteroatoms. The van der Waals surface area contributed by atoms with E-state index in [1.54, 1.807) is 0 Å². The highest BCUT2D eigenvalue weighted by Gasteiger charge is 2.27. The van der Waals surface area contributed by atoms with Crippen LogP contribution in [-0.2, 0) is 0 Å². The molecule has 0 spiro atoms. The number of hydrogen-bond acceptors (Lipinski definition) is 2. The third kappa shape index (κ3) is 2.70. The van der Waals surface area contributed by atoms with Gasteiger partial charge in [-0.2, -0.15) is 0 Å². The fraction of sp³-hybridized carbons (Fsp3) is 0.500. The highest BCUT2D eigenvalue weighted by molar-refractivity contribution is 5.24. The second-order valence-corrected chi connectivity index (χ2v) is 4.10. The van der Waals surface area contributed by atoms with Crippen molar-refractivity contribution in [3.05, 3.63) is 29.8 Å². The van der Waals surface area contributed by atoms with Crippen molar-refractivity contribution in [1.82, 2.24) is 4.90 Å². The van der Waals surface area contributed by atoms with E-state index in [2.05, 4.69) is 11.8 Å². The van der Waals surface area contributed by atoms with Crippen LogP contribution in [-0.4, -0.2) is 30.6 Å². The minimum absolute atomic E-state index is 0.0627. The normalized spacial score (nSPS) is 17.2. The van der Waals surface area contributed by atoms with E-state index in [9.17, 15) is 8.78 Å². The third-order valence-corrected chi connectivity index (χ3v) is 2.60. The Balaban J connectivity index is 1.86. The summed E-state index contributed by atoms with van der Waals surface area (Å²) in [6, 6.07) is 3.27. The number of ether oxygens (including phenoxy) is 1. The van der Waals surface area contributed by atoms with E-state index in [0.717, 1.165) is 32.1 Å². The summed E-state index contributed by atoms with van der Waals surface area (Å²) < 4.78 is 31.2. The van der Waals surface area contributed by atoms with Gasteiger partial charge in [0.1, 0.15) is 23.5 Å². The van der Waals surface area contributed by atoms with Gasteiger partial charge < -0.3 is 4.74 Å². The Morgan fingerprint density at radius 2 is 1.88 bits per heavy atom. The van der Waals surface area contributed by atoms with Crippen LogP contribution in [0, 0.1) is 11.6 Å². The molecule has 0 bridgehead atoms. The summed E-state index contributed by atoms with van der Waals surface area (Å²) in [5.41, 5.74) is 0. The summed E-state index contributed by atoms with van der Waals surface area (Å²) >= 11 is 0. The third-order valence-electron chi connectivity index (χ3n) is 2.60. The van der Waals surface area contributed by atoms with E-state index in [1.807, 2.05) is 0 Å². The summed E-state index contributed by atoms with van der Waals surface area (Å²) in [5.74, 6) is -0.918. The molecule has 0 unspecified atom stereocenters. The molecule has 1 aromatic carbocycles. The average Bonchev–Trinajstić information content (AvgIpc) is 2.13. The van der Waals surface area contributed by atoms with Gasteiger partial charge in [-0.05, 0) is 13.0 Å². The largest absolute Gasteiger partial charge is 0.488 e. The lowest BCUT2D eigenvalue weighted by atomic mass is 10.1. The number of likely N-dealkylation sites (tertiary alicyclic amines) is 1. The summed E-state index contributed by atoms with van der Waals surface area (Å²) in [4.78, 5) is 2.25. The Morgan fingerprint density at radius 3 is 2.44 bits per heavy atom. The molecule has 16 heavy (non-hydrogen) atoms. The molecule has 0 atom stereocenters. The minimum atomic E-state index is -0.597. The molecule has 1 saturated heterocycles. The molecule has 2 nitrogen and oxygen atoms in total. The first-order valence-electron chi connectivity index (χ1n) is 5.52. The molecule has 88 valence electrons. The summed E-state index contributed by atoms with van der Waals surface area (Å²) in [6.45, 7) is 4.85. The molecular formula is C12H15F2NO. The van der Waals surface area contributed by atoms with Crippen LogP contribution in [0.1, 0.15) is 13.3 Å². The number of rotatable bonds is 4. The van der Waals surface area contributed by atoms with Gasteiger partial charge in [0.25, 0.3) is 0 Å². The van der Waals surface area contributed by atoms with Crippen molar-refractivity contribution >= 4 is 0 Å². The van der Waals surface area contributed by atoms with Gasteiger partial charge in [0, 0.05) is 31.3 Å². The van der Waals surface area contributed by atoms with E-state index in [0.29, 0.717) is 0 Å². The molecule has 1 aliphatic rings. The van der Waals surface area contributed by atoms with Gasteiger partial charge in [-0.3, -0.25) is 4.90 Å². The molecule has 2 rings (SSSR count). The summed E-state index contributed by atoms with van der Waals surface area (Å²) in [7, 11) is 0. The van der Waals surface area contributed by atoms with Crippen LogP contribution >= 0.6 is 0 Å². The smallest absolute Gasteiger partial charge is 0.129 e. The first-order chi connectivity index (χ1) is 7.67. The average molecular weight is 227 g/mol. The topological polar surface area (TPSA) is 12.5 Å². The van der Waals surface area contributed by atoms with Gasteiger partial charge >= 0.3 is 0 Å². The van der Waals surface area contributed by atoms with Crippen molar-refractivity contribution in [3.63, 3.8) is 0 Å². The van der Waals surface area contributed by atoms with Gasteiger partial charge in [0.15, 0.2) is 0 Å².